The Morgan fingerprint density at radius 1 is 1.38 bits per heavy atom. The molecule has 0 saturated carbocycles. The highest BCUT2D eigenvalue weighted by atomic mass is 35.5. The van der Waals surface area contributed by atoms with Gasteiger partial charge < -0.3 is 5.11 Å². The molecule has 1 N–H and O–H groups in total. The molecule has 0 aliphatic heterocycles. The molecule has 0 unspecified atom stereocenters. The molecule has 0 radical (unpaired) electrons. The topological polar surface area (TPSA) is 50.9 Å². The zero-order valence-corrected chi connectivity index (χ0v) is 9.43. The summed E-state index contributed by atoms with van der Waals surface area (Å²) < 4.78 is 1.79. The number of hydrogen-bond donors (Lipinski definition) is 1. The number of hydrogen-bond acceptors (Lipinski definition) is 3. The molecule has 0 fully saturated rings. The lowest BCUT2D eigenvalue weighted by molar-refractivity contribution is 0.475. The van der Waals surface area contributed by atoms with Crippen LogP contribution < -0.4 is 0 Å². The van der Waals surface area contributed by atoms with Gasteiger partial charge in [0.2, 0.25) is 0 Å². The van der Waals surface area contributed by atoms with Gasteiger partial charge in [-0.15, -0.1) is 0 Å². The van der Waals surface area contributed by atoms with E-state index in [0.29, 0.717) is 5.02 Å². The summed E-state index contributed by atoms with van der Waals surface area (Å²) in [5.41, 5.74) is 1.11. The molecular weight excluding hydrogens is 226 g/mol. The number of aromatic nitrogens is 3. The van der Waals surface area contributed by atoms with Gasteiger partial charge in [0.05, 0.1) is 5.02 Å². The van der Waals surface area contributed by atoms with Crippen molar-refractivity contribution in [1.29, 1.82) is 0 Å². The first-order valence-electron chi connectivity index (χ1n) is 5.05. The largest absolute Gasteiger partial charge is 0.506 e. The minimum Gasteiger partial charge on any atom is -0.506 e. The van der Waals surface area contributed by atoms with Crippen molar-refractivity contribution in [3.8, 4) is 5.75 Å². The van der Waals surface area contributed by atoms with Gasteiger partial charge in [0, 0.05) is 6.54 Å². The zero-order chi connectivity index (χ0) is 11.4. The van der Waals surface area contributed by atoms with Gasteiger partial charge in [0.25, 0.3) is 0 Å². The molecule has 0 spiro atoms. The number of benzene rings is 1. The standard InChI is InChI=1S/C11H12ClN3O/c12-10-6-9(3-4-11(10)16)2-1-5-15-8-13-7-14-15/h3-4,6-8,16H,1-2,5H2. The van der Waals surface area contributed by atoms with Gasteiger partial charge in [0.1, 0.15) is 18.4 Å². The lowest BCUT2D eigenvalue weighted by Gasteiger charge is -2.03. The Morgan fingerprint density at radius 2 is 2.25 bits per heavy atom. The Morgan fingerprint density at radius 3 is 2.94 bits per heavy atom. The fourth-order valence-electron chi connectivity index (χ4n) is 1.50. The van der Waals surface area contributed by atoms with Crippen LogP contribution in [0.15, 0.2) is 30.9 Å². The summed E-state index contributed by atoms with van der Waals surface area (Å²) in [5, 5.41) is 13.7. The number of nitrogens with zero attached hydrogens (tertiary/aromatic N) is 3. The van der Waals surface area contributed by atoms with Crippen molar-refractivity contribution < 1.29 is 5.11 Å². The Hall–Kier alpha value is -1.55. The van der Waals surface area contributed by atoms with Crippen molar-refractivity contribution >= 4 is 11.6 Å². The zero-order valence-electron chi connectivity index (χ0n) is 8.67. The molecule has 0 amide bonds. The fourth-order valence-corrected chi connectivity index (χ4v) is 1.70. The maximum Gasteiger partial charge on any atom is 0.137 e. The van der Waals surface area contributed by atoms with Crippen molar-refractivity contribution in [2.45, 2.75) is 19.4 Å². The third-order valence-electron chi connectivity index (χ3n) is 2.33. The van der Waals surface area contributed by atoms with Crippen LogP contribution in [0.25, 0.3) is 0 Å². The van der Waals surface area contributed by atoms with E-state index < -0.39 is 0 Å². The molecule has 2 aromatic rings. The van der Waals surface area contributed by atoms with Crippen LogP contribution in [0, 0.1) is 0 Å². The second-order valence-electron chi connectivity index (χ2n) is 3.55. The number of aryl methyl sites for hydroxylation is 2. The van der Waals surface area contributed by atoms with E-state index >= 15 is 0 Å². The van der Waals surface area contributed by atoms with E-state index in [1.54, 1.807) is 23.1 Å². The van der Waals surface area contributed by atoms with E-state index in [-0.39, 0.29) is 5.75 Å². The van der Waals surface area contributed by atoms with Crippen LogP contribution in [0.3, 0.4) is 0 Å². The first-order valence-corrected chi connectivity index (χ1v) is 5.43. The molecule has 4 nitrogen and oxygen atoms in total. The molecule has 1 aromatic heterocycles. The van der Waals surface area contributed by atoms with Crippen molar-refractivity contribution in [3.63, 3.8) is 0 Å². The summed E-state index contributed by atoms with van der Waals surface area (Å²) in [4.78, 5) is 3.87. The second kappa shape index (κ2) is 4.99. The van der Waals surface area contributed by atoms with Gasteiger partial charge in [-0.2, -0.15) is 5.10 Å². The lowest BCUT2D eigenvalue weighted by Crippen LogP contribution is -1.99. The van der Waals surface area contributed by atoms with Gasteiger partial charge in [-0.3, -0.25) is 4.68 Å². The second-order valence-corrected chi connectivity index (χ2v) is 3.96. The van der Waals surface area contributed by atoms with Gasteiger partial charge in [-0.25, -0.2) is 4.98 Å². The molecule has 0 atom stereocenters. The third kappa shape index (κ3) is 2.73. The van der Waals surface area contributed by atoms with E-state index in [1.165, 1.54) is 6.33 Å². The van der Waals surface area contributed by atoms with Gasteiger partial charge in [-0.1, -0.05) is 17.7 Å². The van der Waals surface area contributed by atoms with Gasteiger partial charge in [0.15, 0.2) is 0 Å². The lowest BCUT2D eigenvalue weighted by atomic mass is 10.1. The Labute approximate surface area is 98.5 Å². The highest BCUT2D eigenvalue weighted by Gasteiger charge is 2.00. The number of halogens is 1. The Balaban J connectivity index is 1.87. The average molecular weight is 238 g/mol. The highest BCUT2D eigenvalue weighted by Crippen LogP contribution is 2.24. The summed E-state index contributed by atoms with van der Waals surface area (Å²) in [7, 11) is 0. The van der Waals surface area contributed by atoms with Gasteiger partial charge in [-0.05, 0) is 30.5 Å². The van der Waals surface area contributed by atoms with Crippen LogP contribution in [-0.2, 0) is 13.0 Å². The molecule has 1 aromatic carbocycles. The van der Waals surface area contributed by atoms with E-state index in [1.807, 2.05) is 6.07 Å². The summed E-state index contributed by atoms with van der Waals surface area (Å²) >= 11 is 5.81. The molecule has 0 aliphatic carbocycles. The Bertz CT molecular complexity index is 456. The Kier molecular flexibility index (Phi) is 3.41. The van der Waals surface area contributed by atoms with Crippen LogP contribution in [0.1, 0.15) is 12.0 Å². The molecular formula is C11H12ClN3O. The number of phenols is 1. The SMILES string of the molecule is Oc1ccc(CCCn2cncn2)cc1Cl. The first-order chi connectivity index (χ1) is 7.75. The normalized spacial score (nSPS) is 10.6. The number of phenolic OH excluding ortho intramolecular Hbond substituents is 1. The fraction of sp³-hybridized carbons (Fsp3) is 0.273. The third-order valence-corrected chi connectivity index (χ3v) is 2.63. The van der Waals surface area contributed by atoms with Crippen molar-refractivity contribution in [2.75, 3.05) is 0 Å². The first kappa shape index (κ1) is 11.0. The molecule has 16 heavy (non-hydrogen) atoms. The molecule has 0 bridgehead atoms. The van der Waals surface area contributed by atoms with Crippen molar-refractivity contribution in [2.24, 2.45) is 0 Å². The van der Waals surface area contributed by atoms with Crippen LogP contribution >= 0.6 is 11.6 Å². The molecule has 0 saturated heterocycles. The average Bonchev–Trinajstić information content (AvgIpc) is 2.76. The molecule has 84 valence electrons. The number of rotatable bonds is 4. The minimum absolute atomic E-state index is 0.127. The van der Waals surface area contributed by atoms with Gasteiger partial charge >= 0.3 is 0 Å². The monoisotopic (exact) mass is 237 g/mol. The maximum atomic E-state index is 9.27. The summed E-state index contributed by atoms with van der Waals surface area (Å²) in [5.74, 6) is 0.127. The van der Waals surface area contributed by atoms with E-state index in [4.69, 9.17) is 11.6 Å². The van der Waals surface area contributed by atoms with E-state index in [9.17, 15) is 5.11 Å². The summed E-state index contributed by atoms with van der Waals surface area (Å²) in [6.45, 7) is 0.832. The van der Waals surface area contributed by atoms with E-state index in [2.05, 4.69) is 10.1 Å². The minimum atomic E-state index is 0.127. The van der Waals surface area contributed by atoms with Crippen LogP contribution in [0.2, 0.25) is 5.02 Å². The molecule has 2 rings (SSSR count). The van der Waals surface area contributed by atoms with Crippen LogP contribution in [0.5, 0.6) is 5.75 Å². The maximum absolute atomic E-state index is 9.27. The van der Waals surface area contributed by atoms with Crippen molar-refractivity contribution in [3.05, 3.63) is 41.4 Å². The summed E-state index contributed by atoms with van der Waals surface area (Å²) in [6, 6.07) is 5.29. The smallest absolute Gasteiger partial charge is 0.137 e. The number of aromatic hydroxyl groups is 1. The molecule has 5 heteroatoms. The predicted molar refractivity (Wildman–Crippen MR) is 61.5 cm³/mol. The van der Waals surface area contributed by atoms with Crippen LogP contribution in [-0.4, -0.2) is 19.9 Å². The van der Waals surface area contributed by atoms with E-state index in [0.717, 1.165) is 24.9 Å². The van der Waals surface area contributed by atoms with Crippen LogP contribution in [0.4, 0.5) is 0 Å². The van der Waals surface area contributed by atoms with Crippen molar-refractivity contribution in [1.82, 2.24) is 14.8 Å². The molecule has 1 heterocycles. The summed E-state index contributed by atoms with van der Waals surface area (Å²) in [6.07, 6.45) is 5.09. The molecule has 0 aliphatic rings. The highest BCUT2D eigenvalue weighted by molar-refractivity contribution is 6.32. The quantitative estimate of drug-likeness (QED) is 0.888. The predicted octanol–water partition coefficient (Wildman–Crippen LogP) is 2.27.